The van der Waals surface area contributed by atoms with Crippen LogP contribution in [0.2, 0.25) is 0 Å². The third-order valence-electron chi connectivity index (χ3n) is 0.785. The van der Waals surface area contributed by atoms with Crippen molar-refractivity contribution < 1.29 is 9.84 Å². The molecule has 0 heterocycles. The number of amidine groups is 1. The Hall–Kier alpha value is -0.580. The maximum Gasteiger partial charge on any atom is 0.230 e. The lowest BCUT2D eigenvalue weighted by atomic mass is 10.4. The van der Waals surface area contributed by atoms with Gasteiger partial charge in [-0.1, -0.05) is 0 Å². The van der Waals surface area contributed by atoms with Gasteiger partial charge in [0.25, 0.3) is 0 Å². The lowest BCUT2D eigenvalue weighted by Crippen LogP contribution is -2.27. The van der Waals surface area contributed by atoms with Crippen molar-refractivity contribution in [3.05, 3.63) is 0 Å². The predicted molar refractivity (Wildman–Crippen MR) is 48.3 cm³/mol. The van der Waals surface area contributed by atoms with Crippen molar-refractivity contribution in [2.45, 2.75) is 26.8 Å². The maximum atomic E-state index is 10.6. The number of nitrogens with one attached hydrogen (secondary N) is 1. The summed E-state index contributed by atoms with van der Waals surface area (Å²) in [5.41, 5.74) is 0. The fourth-order valence-electron chi connectivity index (χ4n) is 0.682. The summed E-state index contributed by atoms with van der Waals surface area (Å²) >= 11 is 0. The van der Waals surface area contributed by atoms with Crippen LogP contribution in [-0.2, 0) is 10.0 Å². The highest BCUT2D eigenvalue weighted by Gasteiger charge is 2.00. The van der Waals surface area contributed by atoms with Crippen LogP contribution in [0.4, 0.5) is 0 Å². The zero-order valence-corrected chi connectivity index (χ0v) is 8.07. The fourth-order valence-corrected chi connectivity index (χ4v) is 1.27. The first-order valence-electron chi connectivity index (χ1n) is 3.33. The van der Waals surface area contributed by atoms with E-state index in [4.69, 9.17) is 0 Å². The van der Waals surface area contributed by atoms with E-state index >= 15 is 0 Å². The Morgan fingerprint density at radius 1 is 1.55 bits per heavy atom. The van der Waals surface area contributed by atoms with E-state index in [-0.39, 0.29) is 7.47 Å². The lowest BCUT2D eigenvalue weighted by molar-refractivity contribution is 0.598. The standard InChI is InChI=1S/C6H14N2O2S.H2/c1-5(2)7-6(3)8-11(4,9)10;/h5H,1-4H3,(H,7,8);1H. The highest BCUT2D eigenvalue weighted by atomic mass is 32.2. The molecule has 0 aliphatic carbocycles. The molecule has 0 aliphatic heterocycles. The summed E-state index contributed by atoms with van der Waals surface area (Å²) in [6.07, 6.45) is 1.10. The monoisotopic (exact) mass is 180 g/mol. The second-order valence-electron chi connectivity index (χ2n) is 2.68. The number of aliphatic imine (C=N–C) groups is 1. The van der Waals surface area contributed by atoms with Crippen molar-refractivity contribution in [3.63, 3.8) is 0 Å². The largest absolute Gasteiger partial charge is 0.272 e. The molecule has 1 N–H and O–H groups in total. The minimum absolute atomic E-state index is 0. The van der Waals surface area contributed by atoms with E-state index in [0.717, 1.165) is 6.26 Å². The summed E-state index contributed by atoms with van der Waals surface area (Å²) in [4.78, 5) is 3.99. The highest BCUT2D eigenvalue weighted by Crippen LogP contribution is 1.87. The van der Waals surface area contributed by atoms with Crippen LogP contribution in [0.1, 0.15) is 22.2 Å². The summed E-state index contributed by atoms with van der Waals surface area (Å²) in [7, 11) is -3.15. The Balaban J connectivity index is 0. The van der Waals surface area contributed by atoms with Crippen molar-refractivity contribution >= 4 is 15.9 Å². The lowest BCUT2D eigenvalue weighted by Gasteiger charge is -2.03. The second-order valence-corrected chi connectivity index (χ2v) is 4.43. The Kier molecular flexibility index (Phi) is 3.51. The van der Waals surface area contributed by atoms with Crippen LogP contribution in [0.3, 0.4) is 0 Å². The third kappa shape index (κ3) is 7.32. The SMILES string of the molecule is CC(=NC(C)C)NS(C)(=O)=O.[HH]. The molecule has 5 heteroatoms. The topological polar surface area (TPSA) is 58.5 Å². The van der Waals surface area contributed by atoms with Gasteiger partial charge in [-0.05, 0) is 20.8 Å². The van der Waals surface area contributed by atoms with Crippen LogP contribution in [0.15, 0.2) is 4.99 Å². The fraction of sp³-hybridized carbons (Fsp3) is 0.833. The highest BCUT2D eigenvalue weighted by molar-refractivity contribution is 7.89. The van der Waals surface area contributed by atoms with Crippen LogP contribution in [-0.4, -0.2) is 26.6 Å². The van der Waals surface area contributed by atoms with Gasteiger partial charge in [-0.25, -0.2) is 8.42 Å². The number of nitrogens with zero attached hydrogens (tertiary/aromatic N) is 1. The smallest absolute Gasteiger partial charge is 0.230 e. The Morgan fingerprint density at radius 3 is 2.27 bits per heavy atom. The summed E-state index contributed by atoms with van der Waals surface area (Å²) < 4.78 is 23.5. The average molecular weight is 180 g/mol. The second kappa shape index (κ2) is 3.71. The van der Waals surface area contributed by atoms with Gasteiger partial charge in [0, 0.05) is 7.47 Å². The molecule has 0 spiro atoms. The normalized spacial score (nSPS) is 13.7. The summed E-state index contributed by atoms with van der Waals surface area (Å²) in [5, 5.41) is 0. The molecule has 0 aromatic rings. The van der Waals surface area contributed by atoms with Gasteiger partial charge in [-0.3, -0.25) is 9.71 Å². The van der Waals surface area contributed by atoms with Crippen LogP contribution < -0.4 is 4.72 Å². The predicted octanol–water partition coefficient (Wildman–Crippen LogP) is 0.608. The van der Waals surface area contributed by atoms with E-state index < -0.39 is 10.0 Å². The molecule has 11 heavy (non-hydrogen) atoms. The van der Waals surface area contributed by atoms with E-state index in [9.17, 15) is 8.42 Å². The quantitative estimate of drug-likeness (QED) is 0.500. The van der Waals surface area contributed by atoms with Crippen molar-refractivity contribution in [1.29, 1.82) is 0 Å². The molecule has 4 nitrogen and oxygen atoms in total. The molecule has 0 radical (unpaired) electrons. The summed E-state index contributed by atoms with van der Waals surface area (Å²) in [5.74, 6) is 0.433. The summed E-state index contributed by atoms with van der Waals surface area (Å²) in [6, 6.07) is 0.115. The van der Waals surface area contributed by atoms with Crippen LogP contribution in [0, 0.1) is 0 Å². The minimum Gasteiger partial charge on any atom is -0.272 e. The minimum atomic E-state index is -3.15. The zero-order chi connectivity index (χ0) is 9.07. The summed E-state index contributed by atoms with van der Waals surface area (Å²) in [6.45, 7) is 5.39. The zero-order valence-electron chi connectivity index (χ0n) is 7.25. The van der Waals surface area contributed by atoms with Gasteiger partial charge in [0.2, 0.25) is 10.0 Å². The van der Waals surface area contributed by atoms with Crippen molar-refractivity contribution in [2.75, 3.05) is 6.26 Å². The molecule has 0 bridgehead atoms. The first kappa shape index (κ1) is 10.4. The Labute approximate surface area is 69.3 Å². The molecular weight excluding hydrogens is 164 g/mol. The molecule has 0 atom stereocenters. The molecule has 0 aromatic carbocycles. The molecule has 0 saturated heterocycles. The van der Waals surface area contributed by atoms with E-state index in [1.54, 1.807) is 6.92 Å². The van der Waals surface area contributed by atoms with E-state index in [0.29, 0.717) is 5.84 Å². The number of hydrogen-bond donors (Lipinski definition) is 1. The van der Waals surface area contributed by atoms with Gasteiger partial charge in [-0.2, -0.15) is 0 Å². The molecular formula is C6H16N2O2S. The van der Waals surface area contributed by atoms with Gasteiger partial charge in [-0.15, -0.1) is 0 Å². The Morgan fingerprint density at radius 2 is 2.00 bits per heavy atom. The number of rotatable bonds is 2. The van der Waals surface area contributed by atoms with Crippen molar-refractivity contribution in [1.82, 2.24) is 4.72 Å². The van der Waals surface area contributed by atoms with E-state index in [1.165, 1.54) is 0 Å². The molecule has 0 aliphatic rings. The number of hydrogen-bond acceptors (Lipinski definition) is 3. The molecule has 0 rings (SSSR count). The van der Waals surface area contributed by atoms with Gasteiger partial charge in [0.15, 0.2) is 0 Å². The molecule has 0 aromatic heterocycles. The Bertz CT molecular complexity index is 246. The van der Waals surface area contributed by atoms with Gasteiger partial charge in [0.1, 0.15) is 5.84 Å². The van der Waals surface area contributed by atoms with Gasteiger partial charge in [0.05, 0.1) is 6.26 Å². The van der Waals surface area contributed by atoms with Crippen LogP contribution in [0.5, 0.6) is 0 Å². The number of sulfonamides is 1. The first-order valence-corrected chi connectivity index (χ1v) is 5.22. The van der Waals surface area contributed by atoms with Crippen molar-refractivity contribution in [3.8, 4) is 0 Å². The van der Waals surface area contributed by atoms with Crippen LogP contribution >= 0.6 is 0 Å². The molecule has 0 fully saturated rings. The maximum absolute atomic E-state index is 10.6. The first-order chi connectivity index (χ1) is 4.81. The van der Waals surface area contributed by atoms with Crippen molar-refractivity contribution in [2.24, 2.45) is 4.99 Å². The third-order valence-corrected chi connectivity index (χ3v) is 1.45. The van der Waals surface area contributed by atoms with Crippen LogP contribution in [0.25, 0.3) is 0 Å². The van der Waals surface area contributed by atoms with Gasteiger partial charge >= 0.3 is 0 Å². The average Bonchev–Trinajstić information content (AvgIpc) is 1.53. The molecule has 68 valence electrons. The van der Waals surface area contributed by atoms with Gasteiger partial charge < -0.3 is 0 Å². The van der Waals surface area contributed by atoms with E-state index in [1.807, 2.05) is 13.8 Å². The molecule has 0 amide bonds. The van der Waals surface area contributed by atoms with E-state index in [2.05, 4.69) is 9.71 Å². The molecule has 0 saturated carbocycles. The molecule has 0 unspecified atom stereocenters.